The smallest absolute Gasteiger partial charge is 0.0366 e. The first-order chi connectivity index (χ1) is 7.49. The molecule has 1 aromatic rings. The van der Waals surface area contributed by atoms with Crippen molar-refractivity contribution in [1.29, 1.82) is 0 Å². The fourth-order valence-electron chi connectivity index (χ4n) is 2.17. The predicted octanol–water partition coefficient (Wildman–Crippen LogP) is 2.56. The van der Waals surface area contributed by atoms with Crippen LogP contribution in [0.5, 0.6) is 0 Å². The zero-order valence-electron chi connectivity index (χ0n) is 10.5. The Morgan fingerprint density at radius 1 is 1.25 bits per heavy atom. The highest BCUT2D eigenvalue weighted by Crippen LogP contribution is 2.31. The normalized spacial score (nSPS) is 24.5. The van der Waals surface area contributed by atoms with Crippen LogP contribution in [0.2, 0.25) is 0 Å². The zero-order valence-corrected chi connectivity index (χ0v) is 10.5. The Labute approximate surface area is 98.4 Å². The van der Waals surface area contributed by atoms with Crippen molar-refractivity contribution >= 4 is 5.69 Å². The molecule has 1 saturated heterocycles. The predicted molar refractivity (Wildman–Crippen MR) is 69.8 cm³/mol. The summed E-state index contributed by atoms with van der Waals surface area (Å²) >= 11 is 0. The van der Waals surface area contributed by atoms with Crippen LogP contribution >= 0.6 is 0 Å². The van der Waals surface area contributed by atoms with Crippen molar-refractivity contribution in [1.82, 2.24) is 0 Å². The van der Waals surface area contributed by atoms with Gasteiger partial charge in [0.05, 0.1) is 0 Å². The number of aryl methyl sites for hydroxylation is 1. The van der Waals surface area contributed by atoms with Gasteiger partial charge in [0, 0.05) is 24.8 Å². The molecular weight excluding hydrogens is 196 g/mol. The van der Waals surface area contributed by atoms with Crippen LogP contribution in [0.15, 0.2) is 24.3 Å². The summed E-state index contributed by atoms with van der Waals surface area (Å²) in [6, 6.07) is 8.99. The Morgan fingerprint density at radius 2 is 1.88 bits per heavy atom. The van der Waals surface area contributed by atoms with Crippen LogP contribution in [0.4, 0.5) is 5.69 Å². The first kappa shape index (κ1) is 11.5. The standard InChI is InChI=1S/C14H22N2/c1-11-4-6-12(7-5-11)16-9-8-14(2,3)13(15)10-16/h4-7,13H,8-10,15H2,1-3H3. The van der Waals surface area contributed by atoms with E-state index in [1.54, 1.807) is 0 Å². The summed E-state index contributed by atoms with van der Waals surface area (Å²) in [6.07, 6.45) is 1.17. The van der Waals surface area contributed by atoms with Crippen LogP contribution in [0.25, 0.3) is 0 Å². The van der Waals surface area contributed by atoms with E-state index >= 15 is 0 Å². The Morgan fingerprint density at radius 3 is 2.44 bits per heavy atom. The maximum Gasteiger partial charge on any atom is 0.0366 e. The lowest BCUT2D eigenvalue weighted by Crippen LogP contribution is -2.52. The minimum absolute atomic E-state index is 0.266. The third-order valence-corrected chi connectivity index (χ3v) is 3.85. The van der Waals surface area contributed by atoms with Crippen LogP contribution < -0.4 is 10.6 Å². The van der Waals surface area contributed by atoms with E-state index in [1.165, 1.54) is 17.7 Å². The van der Waals surface area contributed by atoms with Gasteiger partial charge < -0.3 is 10.6 Å². The molecule has 2 nitrogen and oxygen atoms in total. The van der Waals surface area contributed by atoms with Gasteiger partial charge >= 0.3 is 0 Å². The third-order valence-electron chi connectivity index (χ3n) is 3.85. The Bertz CT molecular complexity index is 354. The number of nitrogens with zero attached hydrogens (tertiary/aromatic N) is 1. The molecule has 0 spiro atoms. The van der Waals surface area contributed by atoms with Gasteiger partial charge in [0.1, 0.15) is 0 Å². The molecule has 88 valence electrons. The first-order valence-corrected chi connectivity index (χ1v) is 6.06. The number of anilines is 1. The van der Waals surface area contributed by atoms with Crippen molar-refractivity contribution < 1.29 is 0 Å². The second kappa shape index (κ2) is 4.10. The van der Waals surface area contributed by atoms with Gasteiger partial charge in [-0.2, -0.15) is 0 Å². The second-order valence-electron chi connectivity index (χ2n) is 5.63. The largest absolute Gasteiger partial charge is 0.370 e. The average molecular weight is 218 g/mol. The minimum atomic E-state index is 0.266. The molecule has 16 heavy (non-hydrogen) atoms. The van der Waals surface area contributed by atoms with Crippen molar-refractivity contribution in [3.8, 4) is 0 Å². The van der Waals surface area contributed by atoms with Crippen LogP contribution in [0, 0.1) is 12.3 Å². The molecule has 1 fully saturated rings. The molecule has 1 aromatic carbocycles. The molecule has 2 N–H and O–H groups in total. The lowest BCUT2D eigenvalue weighted by atomic mass is 9.78. The molecule has 0 amide bonds. The molecule has 1 atom stereocenters. The highest BCUT2D eigenvalue weighted by molar-refractivity contribution is 5.48. The molecule has 0 aliphatic carbocycles. The monoisotopic (exact) mass is 218 g/mol. The van der Waals surface area contributed by atoms with Crippen LogP contribution in [-0.4, -0.2) is 19.1 Å². The summed E-state index contributed by atoms with van der Waals surface area (Å²) in [4.78, 5) is 2.40. The van der Waals surface area contributed by atoms with Crippen LogP contribution in [-0.2, 0) is 0 Å². The summed E-state index contributed by atoms with van der Waals surface area (Å²) in [6.45, 7) is 8.74. The van der Waals surface area contributed by atoms with Crippen molar-refractivity contribution in [2.24, 2.45) is 11.1 Å². The van der Waals surface area contributed by atoms with E-state index in [1.807, 2.05) is 0 Å². The molecule has 0 bridgehead atoms. The molecule has 1 aliphatic heterocycles. The van der Waals surface area contributed by atoms with Gasteiger partial charge in [-0.1, -0.05) is 31.5 Å². The summed E-state index contributed by atoms with van der Waals surface area (Å²) in [5, 5.41) is 0. The van der Waals surface area contributed by atoms with E-state index in [0.717, 1.165) is 13.1 Å². The van der Waals surface area contributed by atoms with Gasteiger partial charge in [-0.25, -0.2) is 0 Å². The summed E-state index contributed by atoms with van der Waals surface area (Å²) < 4.78 is 0. The Hall–Kier alpha value is -1.02. The lowest BCUT2D eigenvalue weighted by molar-refractivity contribution is 0.235. The molecule has 2 heteroatoms. The summed E-state index contributed by atoms with van der Waals surface area (Å²) in [7, 11) is 0. The maximum atomic E-state index is 6.23. The Balaban J connectivity index is 2.10. The number of rotatable bonds is 1. The van der Waals surface area contributed by atoms with Crippen molar-refractivity contribution in [3.63, 3.8) is 0 Å². The van der Waals surface area contributed by atoms with E-state index in [4.69, 9.17) is 5.73 Å². The molecule has 1 heterocycles. The molecule has 0 aromatic heterocycles. The molecule has 0 radical (unpaired) electrons. The quantitative estimate of drug-likeness (QED) is 0.785. The van der Waals surface area contributed by atoms with E-state index < -0.39 is 0 Å². The van der Waals surface area contributed by atoms with Gasteiger partial charge in [0.2, 0.25) is 0 Å². The number of hydrogen-bond donors (Lipinski definition) is 1. The highest BCUT2D eigenvalue weighted by atomic mass is 15.2. The van der Waals surface area contributed by atoms with Gasteiger partial charge in [-0.05, 0) is 30.9 Å². The van der Waals surface area contributed by atoms with Gasteiger partial charge in [-0.3, -0.25) is 0 Å². The molecule has 0 saturated carbocycles. The maximum absolute atomic E-state index is 6.23. The zero-order chi connectivity index (χ0) is 11.8. The van der Waals surface area contributed by atoms with Crippen molar-refractivity contribution in [3.05, 3.63) is 29.8 Å². The minimum Gasteiger partial charge on any atom is -0.370 e. The van der Waals surface area contributed by atoms with E-state index in [2.05, 4.69) is 49.9 Å². The Kier molecular flexibility index (Phi) is 2.94. The summed E-state index contributed by atoms with van der Waals surface area (Å²) in [5.74, 6) is 0. The second-order valence-corrected chi connectivity index (χ2v) is 5.63. The fourth-order valence-corrected chi connectivity index (χ4v) is 2.17. The number of nitrogens with two attached hydrogens (primary N) is 1. The van der Waals surface area contributed by atoms with Gasteiger partial charge in [0.15, 0.2) is 0 Å². The average Bonchev–Trinajstić information content (AvgIpc) is 2.24. The van der Waals surface area contributed by atoms with E-state index in [0.29, 0.717) is 0 Å². The SMILES string of the molecule is Cc1ccc(N2CCC(C)(C)C(N)C2)cc1. The molecule has 1 unspecified atom stereocenters. The van der Waals surface area contributed by atoms with E-state index in [9.17, 15) is 0 Å². The number of benzene rings is 1. The van der Waals surface area contributed by atoms with Crippen molar-refractivity contribution in [2.45, 2.75) is 33.2 Å². The van der Waals surface area contributed by atoms with Crippen LogP contribution in [0.1, 0.15) is 25.8 Å². The number of hydrogen-bond acceptors (Lipinski definition) is 2. The van der Waals surface area contributed by atoms with E-state index in [-0.39, 0.29) is 11.5 Å². The first-order valence-electron chi connectivity index (χ1n) is 6.06. The van der Waals surface area contributed by atoms with Crippen molar-refractivity contribution in [2.75, 3.05) is 18.0 Å². The third kappa shape index (κ3) is 2.22. The topological polar surface area (TPSA) is 29.3 Å². The fraction of sp³-hybridized carbons (Fsp3) is 0.571. The number of piperidine rings is 1. The highest BCUT2D eigenvalue weighted by Gasteiger charge is 2.32. The molecular formula is C14H22N2. The molecule has 1 aliphatic rings. The van der Waals surface area contributed by atoms with Gasteiger partial charge in [0.25, 0.3) is 0 Å². The van der Waals surface area contributed by atoms with Gasteiger partial charge in [-0.15, -0.1) is 0 Å². The molecule has 2 rings (SSSR count). The van der Waals surface area contributed by atoms with Crippen LogP contribution in [0.3, 0.4) is 0 Å². The summed E-state index contributed by atoms with van der Waals surface area (Å²) in [5.41, 5.74) is 9.12. The lowest BCUT2D eigenvalue weighted by Gasteiger charge is -2.43.